The Morgan fingerprint density at radius 2 is 1.90 bits per heavy atom. The van der Waals surface area contributed by atoms with Gasteiger partial charge >= 0.3 is 0 Å². The summed E-state index contributed by atoms with van der Waals surface area (Å²) < 4.78 is 0. The van der Waals surface area contributed by atoms with E-state index < -0.39 is 0 Å². The SMILES string of the molecule is CCCCCCCCCC(=O)Nc1cc(C(=O)N2CCCC[C@@H]2CO)c2cc[nH]c2c1. The number of hydrogen-bond acceptors (Lipinski definition) is 3. The van der Waals surface area contributed by atoms with Crippen LogP contribution in [0.3, 0.4) is 0 Å². The number of benzene rings is 1. The molecule has 1 aromatic heterocycles. The number of H-pyrrole nitrogens is 1. The summed E-state index contributed by atoms with van der Waals surface area (Å²) in [4.78, 5) is 30.7. The Kier molecular flexibility index (Phi) is 8.95. The molecule has 1 saturated heterocycles. The fraction of sp³-hybridized carbons (Fsp3) is 0.600. The zero-order valence-corrected chi connectivity index (χ0v) is 18.8. The third-order valence-corrected chi connectivity index (χ3v) is 6.29. The molecule has 0 aliphatic carbocycles. The highest BCUT2D eigenvalue weighted by atomic mass is 16.3. The molecule has 1 aliphatic heterocycles. The molecule has 1 aliphatic rings. The quantitative estimate of drug-likeness (QED) is 0.429. The number of hydrogen-bond donors (Lipinski definition) is 3. The number of aliphatic hydroxyl groups excluding tert-OH is 1. The second kappa shape index (κ2) is 11.9. The predicted octanol–water partition coefficient (Wildman–Crippen LogP) is 5.23. The van der Waals surface area contributed by atoms with Crippen LogP contribution in [0.25, 0.3) is 10.9 Å². The van der Waals surface area contributed by atoms with Crippen LogP contribution in [-0.4, -0.2) is 46.0 Å². The minimum atomic E-state index is -0.134. The molecule has 6 nitrogen and oxygen atoms in total. The Labute approximate surface area is 185 Å². The molecule has 3 N–H and O–H groups in total. The molecule has 31 heavy (non-hydrogen) atoms. The number of unbranched alkanes of at least 4 members (excludes halogenated alkanes) is 6. The maximum atomic E-state index is 13.3. The van der Waals surface area contributed by atoms with Crippen molar-refractivity contribution in [3.8, 4) is 0 Å². The number of aromatic amines is 1. The first-order valence-electron chi connectivity index (χ1n) is 12.0. The Morgan fingerprint density at radius 3 is 2.68 bits per heavy atom. The topological polar surface area (TPSA) is 85.4 Å². The maximum absolute atomic E-state index is 13.3. The van der Waals surface area contributed by atoms with Crippen molar-refractivity contribution in [2.75, 3.05) is 18.5 Å². The lowest BCUT2D eigenvalue weighted by atomic mass is 10.00. The largest absolute Gasteiger partial charge is 0.394 e. The first-order valence-corrected chi connectivity index (χ1v) is 12.0. The molecular formula is C25H37N3O3. The molecule has 0 saturated carbocycles. The van der Waals surface area contributed by atoms with Gasteiger partial charge in [-0.3, -0.25) is 9.59 Å². The lowest BCUT2D eigenvalue weighted by Gasteiger charge is -2.35. The van der Waals surface area contributed by atoms with E-state index in [4.69, 9.17) is 0 Å². The van der Waals surface area contributed by atoms with Gasteiger partial charge in [0.25, 0.3) is 5.91 Å². The van der Waals surface area contributed by atoms with Crippen molar-refractivity contribution < 1.29 is 14.7 Å². The van der Waals surface area contributed by atoms with Gasteiger partial charge in [-0.1, -0.05) is 45.4 Å². The normalized spacial score (nSPS) is 16.6. The number of nitrogens with one attached hydrogen (secondary N) is 2. The molecule has 0 unspecified atom stereocenters. The lowest BCUT2D eigenvalue weighted by molar-refractivity contribution is -0.116. The van der Waals surface area contributed by atoms with Crippen molar-refractivity contribution in [3.63, 3.8) is 0 Å². The Hall–Kier alpha value is -2.34. The zero-order valence-electron chi connectivity index (χ0n) is 18.8. The number of anilines is 1. The third-order valence-electron chi connectivity index (χ3n) is 6.29. The van der Waals surface area contributed by atoms with Crippen molar-refractivity contribution in [2.45, 2.75) is 83.6 Å². The van der Waals surface area contributed by atoms with E-state index in [1.54, 1.807) is 11.0 Å². The monoisotopic (exact) mass is 427 g/mol. The number of likely N-dealkylation sites (tertiary alicyclic amines) is 1. The molecule has 0 bridgehead atoms. The number of piperidine rings is 1. The molecule has 2 amide bonds. The van der Waals surface area contributed by atoms with Crippen molar-refractivity contribution in [3.05, 3.63) is 30.0 Å². The van der Waals surface area contributed by atoms with Crippen LogP contribution < -0.4 is 5.32 Å². The Morgan fingerprint density at radius 1 is 1.13 bits per heavy atom. The summed E-state index contributed by atoms with van der Waals surface area (Å²) in [7, 11) is 0. The Bertz CT molecular complexity index is 861. The minimum absolute atomic E-state index is 0.0101. The number of carbonyl (C=O) groups is 2. The van der Waals surface area contributed by atoms with Crippen LogP contribution in [0.4, 0.5) is 5.69 Å². The number of aliphatic hydroxyl groups is 1. The van der Waals surface area contributed by atoms with Crippen molar-refractivity contribution >= 4 is 28.4 Å². The van der Waals surface area contributed by atoms with E-state index in [0.717, 1.165) is 43.0 Å². The fourth-order valence-corrected chi connectivity index (χ4v) is 4.49. The Balaban J connectivity index is 1.63. The van der Waals surface area contributed by atoms with Crippen molar-refractivity contribution in [1.29, 1.82) is 0 Å². The van der Waals surface area contributed by atoms with Crippen molar-refractivity contribution in [1.82, 2.24) is 9.88 Å². The van der Waals surface area contributed by atoms with E-state index in [9.17, 15) is 14.7 Å². The van der Waals surface area contributed by atoms with Gasteiger partial charge in [-0.2, -0.15) is 0 Å². The molecule has 1 atom stereocenters. The standard InChI is InChI=1S/C25H37N3O3/c1-2-3-4-5-6-7-8-12-24(30)27-19-16-22(21-13-14-26-23(21)17-19)25(31)28-15-10-9-11-20(28)18-29/h13-14,16-17,20,26,29H,2-12,15,18H2,1H3,(H,27,30)/t20-/m1/s1. The van der Waals surface area contributed by atoms with Gasteiger partial charge in [-0.25, -0.2) is 0 Å². The number of aromatic nitrogens is 1. The molecule has 170 valence electrons. The molecule has 2 aromatic rings. The van der Waals surface area contributed by atoms with E-state index in [2.05, 4.69) is 17.2 Å². The van der Waals surface area contributed by atoms with Crippen LogP contribution in [0.5, 0.6) is 0 Å². The van der Waals surface area contributed by atoms with E-state index in [1.165, 1.54) is 32.1 Å². The summed E-state index contributed by atoms with van der Waals surface area (Å²) >= 11 is 0. The summed E-state index contributed by atoms with van der Waals surface area (Å²) in [6.45, 7) is 2.85. The van der Waals surface area contributed by atoms with Gasteiger partial charge in [0, 0.05) is 35.8 Å². The van der Waals surface area contributed by atoms with E-state index >= 15 is 0 Å². The lowest BCUT2D eigenvalue weighted by Crippen LogP contribution is -2.45. The molecule has 0 radical (unpaired) electrons. The third kappa shape index (κ3) is 6.33. The van der Waals surface area contributed by atoms with E-state index in [-0.39, 0.29) is 24.5 Å². The fourth-order valence-electron chi connectivity index (χ4n) is 4.49. The molecule has 0 spiro atoms. The van der Waals surface area contributed by atoms with E-state index in [1.807, 2.05) is 18.3 Å². The number of carbonyl (C=O) groups excluding carboxylic acids is 2. The van der Waals surface area contributed by atoms with Crippen LogP contribution in [0.2, 0.25) is 0 Å². The average molecular weight is 428 g/mol. The number of rotatable bonds is 11. The second-order valence-electron chi connectivity index (χ2n) is 8.71. The maximum Gasteiger partial charge on any atom is 0.254 e. The number of nitrogens with zero attached hydrogens (tertiary/aromatic N) is 1. The molecule has 6 heteroatoms. The first kappa shape index (κ1) is 23.3. The van der Waals surface area contributed by atoms with Gasteiger partial charge in [0.15, 0.2) is 0 Å². The van der Waals surface area contributed by atoms with Crippen LogP contribution >= 0.6 is 0 Å². The van der Waals surface area contributed by atoms with Gasteiger partial charge in [-0.05, 0) is 43.9 Å². The van der Waals surface area contributed by atoms with Crippen molar-refractivity contribution in [2.24, 2.45) is 0 Å². The van der Waals surface area contributed by atoms with E-state index in [0.29, 0.717) is 24.2 Å². The summed E-state index contributed by atoms with van der Waals surface area (Å²) in [5.74, 6) is -0.0874. The molecule has 1 fully saturated rings. The highest BCUT2D eigenvalue weighted by molar-refractivity contribution is 6.09. The molecule has 1 aromatic carbocycles. The van der Waals surface area contributed by atoms with Gasteiger partial charge < -0.3 is 20.3 Å². The molecular weight excluding hydrogens is 390 g/mol. The van der Waals surface area contributed by atoms with Gasteiger partial charge in [0.05, 0.1) is 18.2 Å². The van der Waals surface area contributed by atoms with Crippen LogP contribution in [0.1, 0.15) is 87.9 Å². The van der Waals surface area contributed by atoms with Crippen LogP contribution in [0.15, 0.2) is 24.4 Å². The summed E-state index contributed by atoms with van der Waals surface area (Å²) in [5.41, 5.74) is 2.05. The highest BCUT2D eigenvalue weighted by Gasteiger charge is 2.28. The van der Waals surface area contributed by atoms with Gasteiger partial charge in [0.2, 0.25) is 5.91 Å². The average Bonchev–Trinajstić information content (AvgIpc) is 3.26. The number of amides is 2. The first-order chi connectivity index (χ1) is 15.1. The van der Waals surface area contributed by atoms with Gasteiger partial charge in [-0.15, -0.1) is 0 Å². The minimum Gasteiger partial charge on any atom is -0.394 e. The van der Waals surface area contributed by atoms with Crippen LogP contribution in [-0.2, 0) is 4.79 Å². The smallest absolute Gasteiger partial charge is 0.254 e. The molecule has 3 rings (SSSR count). The zero-order chi connectivity index (χ0) is 22.1. The molecule has 2 heterocycles. The summed E-state index contributed by atoms with van der Waals surface area (Å²) in [5, 5.41) is 13.5. The summed E-state index contributed by atoms with van der Waals surface area (Å²) in [6.07, 6.45) is 13.3. The summed E-state index contributed by atoms with van der Waals surface area (Å²) in [6, 6.07) is 5.43. The van der Waals surface area contributed by atoms with Gasteiger partial charge in [0.1, 0.15) is 0 Å². The highest BCUT2D eigenvalue weighted by Crippen LogP contribution is 2.27. The van der Waals surface area contributed by atoms with Crippen LogP contribution in [0, 0.1) is 0 Å². The number of fused-ring (bicyclic) bond motifs is 1. The predicted molar refractivity (Wildman–Crippen MR) is 125 cm³/mol. The second-order valence-corrected chi connectivity index (χ2v) is 8.71.